The van der Waals surface area contributed by atoms with Gasteiger partial charge >= 0.3 is 0 Å². The molecule has 1 N–H and O–H groups in total. The van der Waals surface area contributed by atoms with Gasteiger partial charge in [0.15, 0.2) is 0 Å². The molecule has 1 aromatic carbocycles. The van der Waals surface area contributed by atoms with Gasteiger partial charge in [0.2, 0.25) is 0 Å². The quantitative estimate of drug-likeness (QED) is 0.927. The normalized spacial score (nSPS) is 10.9. The molecule has 18 heavy (non-hydrogen) atoms. The van der Waals surface area contributed by atoms with Crippen LogP contribution in [0.4, 0.5) is 0 Å². The van der Waals surface area contributed by atoms with E-state index in [2.05, 4.69) is 10.4 Å². The minimum Gasteiger partial charge on any atom is -0.311 e. The van der Waals surface area contributed by atoms with Gasteiger partial charge in [0.1, 0.15) is 5.69 Å². The van der Waals surface area contributed by atoms with Crippen LogP contribution in [-0.2, 0) is 6.54 Å². The van der Waals surface area contributed by atoms with Gasteiger partial charge in [-0.15, -0.1) is 0 Å². The van der Waals surface area contributed by atoms with E-state index in [0.29, 0.717) is 27.3 Å². The number of aromatic nitrogens is 2. The molecule has 0 atom stereocenters. The monoisotopic (exact) mass is 303 g/mol. The summed E-state index contributed by atoms with van der Waals surface area (Å²) in [5.41, 5.74) is 1.57. The third-order valence-corrected chi connectivity index (χ3v) is 3.21. The molecule has 0 aliphatic rings. The fourth-order valence-electron chi connectivity index (χ4n) is 1.59. The van der Waals surface area contributed by atoms with Gasteiger partial charge < -0.3 is 5.32 Å². The first-order valence-corrected chi connectivity index (χ1v) is 6.65. The average Bonchev–Trinajstić information content (AvgIpc) is 2.73. The van der Waals surface area contributed by atoms with Gasteiger partial charge in [-0.05, 0) is 24.7 Å². The molecule has 6 heteroatoms. The van der Waals surface area contributed by atoms with Crippen LogP contribution in [0.1, 0.15) is 12.6 Å². The molecule has 1 aromatic heterocycles. The van der Waals surface area contributed by atoms with Crippen molar-refractivity contribution in [1.82, 2.24) is 15.1 Å². The van der Waals surface area contributed by atoms with Crippen molar-refractivity contribution in [3.05, 3.63) is 45.2 Å². The van der Waals surface area contributed by atoms with Crippen LogP contribution in [0.5, 0.6) is 0 Å². The zero-order valence-electron chi connectivity index (χ0n) is 9.75. The number of hydrogen-bond donors (Lipinski definition) is 1. The predicted molar refractivity (Wildman–Crippen MR) is 76.0 cm³/mol. The highest BCUT2D eigenvalue weighted by Crippen LogP contribution is 2.31. The molecular weight excluding hydrogens is 293 g/mol. The zero-order chi connectivity index (χ0) is 13.1. The Kier molecular flexibility index (Phi) is 4.51. The van der Waals surface area contributed by atoms with E-state index in [0.717, 1.165) is 12.2 Å². The SMILES string of the molecule is CCNCc1ccn(-c2c(Cl)cc(Cl)cc2Cl)n1. The van der Waals surface area contributed by atoms with Gasteiger partial charge in [-0.1, -0.05) is 41.7 Å². The summed E-state index contributed by atoms with van der Waals surface area (Å²) in [6.07, 6.45) is 1.83. The minimum absolute atomic E-state index is 0.477. The van der Waals surface area contributed by atoms with Crippen molar-refractivity contribution < 1.29 is 0 Å². The first-order valence-electron chi connectivity index (χ1n) is 5.52. The maximum atomic E-state index is 6.14. The zero-order valence-corrected chi connectivity index (χ0v) is 12.0. The molecule has 2 rings (SSSR count). The van der Waals surface area contributed by atoms with Gasteiger partial charge in [-0.3, -0.25) is 0 Å². The van der Waals surface area contributed by atoms with E-state index >= 15 is 0 Å². The molecule has 96 valence electrons. The lowest BCUT2D eigenvalue weighted by Crippen LogP contribution is -2.12. The van der Waals surface area contributed by atoms with E-state index in [1.807, 2.05) is 19.2 Å². The molecule has 0 amide bonds. The summed E-state index contributed by atoms with van der Waals surface area (Å²) in [6.45, 7) is 3.66. The molecular formula is C12H12Cl3N3. The van der Waals surface area contributed by atoms with E-state index in [9.17, 15) is 0 Å². The second kappa shape index (κ2) is 5.93. The fraction of sp³-hybridized carbons (Fsp3) is 0.250. The first kappa shape index (κ1) is 13.7. The van der Waals surface area contributed by atoms with Crippen LogP contribution in [0.2, 0.25) is 15.1 Å². The second-order valence-electron chi connectivity index (χ2n) is 3.75. The van der Waals surface area contributed by atoms with Crippen molar-refractivity contribution in [3.8, 4) is 5.69 Å². The van der Waals surface area contributed by atoms with Crippen molar-refractivity contribution in [1.29, 1.82) is 0 Å². The van der Waals surface area contributed by atoms with Gasteiger partial charge in [0.05, 0.1) is 15.7 Å². The molecule has 2 aromatic rings. The fourth-order valence-corrected chi connectivity index (χ4v) is 2.58. The van der Waals surface area contributed by atoms with Gasteiger partial charge in [-0.2, -0.15) is 5.10 Å². The summed E-state index contributed by atoms with van der Waals surface area (Å²) in [5.74, 6) is 0. The summed E-state index contributed by atoms with van der Waals surface area (Å²) in [5, 5.41) is 9.08. The van der Waals surface area contributed by atoms with E-state index in [1.165, 1.54) is 0 Å². The highest BCUT2D eigenvalue weighted by atomic mass is 35.5. The number of rotatable bonds is 4. The summed E-state index contributed by atoms with van der Waals surface area (Å²) < 4.78 is 1.66. The number of nitrogens with zero attached hydrogens (tertiary/aromatic N) is 2. The van der Waals surface area contributed by atoms with Crippen LogP contribution in [0.3, 0.4) is 0 Å². The summed E-state index contributed by atoms with van der Waals surface area (Å²) in [4.78, 5) is 0. The van der Waals surface area contributed by atoms with Crippen LogP contribution in [0, 0.1) is 0 Å². The minimum atomic E-state index is 0.477. The van der Waals surface area contributed by atoms with Crippen molar-refractivity contribution >= 4 is 34.8 Å². The Bertz CT molecular complexity index is 528. The Balaban J connectivity index is 2.34. The highest BCUT2D eigenvalue weighted by molar-refractivity contribution is 6.40. The molecule has 0 unspecified atom stereocenters. The number of halogens is 3. The van der Waals surface area contributed by atoms with E-state index in [-0.39, 0.29) is 0 Å². The van der Waals surface area contributed by atoms with Crippen LogP contribution in [-0.4, -0.2) is 16.3 Å². The van der Waals surface area contributed by atoms with Crippen molar-refractivity contribution in [2.75, 3.05) is 6.54 Å². The first-order chi connectivity index (χ1) is 8.61. The van der Waals surface area contributed by atoms with Crippen LogP contribution in [0.15, 0.2) is 24.4 Å². The lowest BCUT2D eigenvalue weighted by molar-refractivity contribution is 0.696. The molecule has 0 saturated carbocycles. The third kappa shape index (κ3) is 2.98. The van der Waals surface area contributed by atoms with Gasteiger partial charge in [0.25, 0.3) is 0 Å². The summed E-state index contributed by atoms with van der Waals surface area (Å²) in [7, 11) is 0. The van der Waals surface area contributed by atoms with E-state index in [4.69, 9.17) is 34.8 Å². The lowest BCUT2D eigenvalue weighted by Gasteiger charge is -2.07. The molecule has 0 aliphatic heterocycles. The summed E-state index contributed by atoms with van der Waals surface area (Å²) >= 11 is 18.2. The van der Waals surface area contributed by atoms with Crippen LogP contribution in [0.25, 0.3) is 5.69 Å². The van der Waals surface area contributed by atoms with Crippen molar-refractivity contribution in [2.45, 2.75) is 13.5 Å². The second-order valence-corrected chi connectivity index (χ2v) is 5.00. The lowest BCUT2D eigenvalue weighted by atomic mass is 10.3. The molecule has 0 bridgehead atoms. The Morgan fingerprint density at radius 3 is 2.50 bits per heavy atom. The molecule has 0 fully saturated rings. The van der Waals surface area contributed by atoms with Gasteiger partial charge in [0, 0.05) is 17.8 Å². The maximum Gasteiger partial charge on any atom is 0.102 e. The maximum absolute atomic E-state index is 6.14. The molecule has 0 spiro atoms. The molecule has 3 nitrogen and oxygen atoms in total. The number of nitrogens with one attached hydrogen (secondary N) is 1. The third-order valence-electron chi connectivity index (χ3n) is 2.41. The van der Waals surface area contributed by atoms with E-state index < -0.39 is 0 Å². The van der Waals surface area contributed by atoms with Crippen LogP contribution < -0.4 is 5.32 Å². The molecule has 1 heterocycles. The van der Waals surface area contributed by atoms with E-state index in [1.54, 1.807) is 16.8 Å². The number of benzene rings is 1. The topological polar surface area (TPSA) is 29.9 Å². The number of hydrogen-bond acceptors (Lipinski definition) is 2. The summed E-state index contributed by atoms with van der Waals surface area (Å²) in [6, 6.07) is 5.22. The highest BCUT2D eigenvalue weighted by Gasteiger charge is 2.11. The molecule has 0 aliphatic carbocycles. The standard InChI is InChI=1S/C12H12Cl3N3/c1-2-16-7-9-3-4-18(17-9)12-10(14)5-8(13)6-11(12)15/h3-6,16H,2,7H2,1H3. The van der Waals surface area contributed by atoms with Crippen LogP contribution >= 0.6 is 34.8 Å². The largest absolute Gasteiger partial charge is 0.311 e. The Hall–Kier alpha value is -0.740. The smallest absolute Gasteiger partial charge is 0.102 e. The predicted octanol–water partition coefficient (Wildman–Crippen LogP) is 3.94. The Labute approximate surface area is 121 Å². The van der Waals surface area contributed by atoms with Crippen molar-refractivity contribution in [3.63, 3.8) is 0 Å². The van der Waals surface area contributed by atoms with Gasteiger partial charge in [-0.25, -0.2) is 4.68 Å². The molecule has 0 radical (unpaired) electrons. The molecule has 0 saturated heterocycles. The average molecular weight is 305 g/mol. The Morgan fingerprint density at radius 2 is 1.89 bits per heavy atom. The van der Waals surface area contributed by atoms with Crippen molar-refractivity contribution in [2.24, 2.45) is 0 Å². The Morgan fingerprint density at radius 1 is 1.22 bits per heavy atom.